The number of para-hydroxylation sites is 1. The molecule has 0 aliphatic heterocycles. The monoisotopic (exact) mass is 325 g/mol. The lowest BCUT2D eigenvalue weighted by Crippen LogP contribution is -2.18. The van der Waals surface area contributed by atoms with Crippen LogP contribution >= 0.6 is 27.3 Å². The molecule has 0 aliphatic carbocycles. The highest BCUT2D eigenvalue weighted by molar-refractivity contribution is 9.10. The number of benzene rings is 1. The van der Waals surface area contributed by atoms with E-state index in [4.69, 9.17) is 4.74 Å². The van der Waals surface area contributed by atoms with Crippen LogP contribution in [0.1, 0.15) is 17.2 Å². The van der Waals surface area contributed by atoms with Crippen molar-refractivity contribution < 1.29 is 4.74 Å². The first kappa shape index (κ1) is 13.6. The van der Waals surface area contributed by atoms with E-state index >= 15 is 0 Å². The third-order valence-electron chi connectivity index (χ3n) is 2.98. The SMILES string of the molecule is CNC(Cc1ccccc1OC)c1cscc1Br. The van der Waals surface area contributed by atoms with Gasteiger partial charge in [0.2, 0.25) is 0 Å². The predicted octanol–water partition coefficient (Wildman–Crippen LogP) is 4.02. The number of halogens is 1. The van der Waals surface area contributed by atoms with Gasteiger partial charge >= 0.3 is 0 Å². The van der Waals surface area contributed by atoms with Crippen LogP contribution in [0.4, 0.5) is 0 Å². The summed E-state index contributed by atoms with van der Waals surface area (Å²) < 4.78 is 6.57. The summed E-state index contributed by atoms with van der Waals surface area (Å²) in [6.07, 6.45) is 0.913. The lowest BCUT2D eigenvalue weighted by molar-refractivity contribution is 0.406. The number of hydrogen-bond donors (Lipinski definition) is 1. The molecule has 2 rings (SSSR count). The van der Waals surface area contributed by atoms with Crippen LogP contribution in [0.25, 0.3) is 0 Å². The van der Waals surface area contributed by atoms with E-state index < -0.39 is 0 Å². The fourth-order valence-electron chi connectivity index (χ4n) is 2.00. The van der Waals surface area contributed by atoms with Crippen LogP contribution in [0.3, 0.4) is 0 Å². The third-order valence-corrected chi connectivity index (χ3v) is 4.73. The zero-order chi connectivity index (χ0) is 13.0. The molecule has 1 atom stereocenters. The summed E-state index contributed by atoms with van der Waals surface area (Å²) in [5.41, 5.74) is 2.52. The zero-order valence-electron chi connectivity index (χ0n) is 10.4. The maximum absolute atomic E-state index is 5.40. The summed E-state index contributed by atoms with van der Waals surface area (Å²) in [6, 6.07) is 8.46. The van der Waals surface area contributed by atoms with Gasteiger partial charge in [0.1, 0.15) is 5.75 Å². The number of hydrogen-bond acceptors (Lipinski definition) is 3. The van der Waals surface area contributed by atoms with Gasteiger partial charge in [-0.1, -0.05) is 18.2 Å². The Morgan fingerprint density at radius 2 is 2.11 bits per heavy atom. The van der Waals surface area contributed by atoms with Gasteiger partial charge in [-0.05, 0) is 52.0 Å². The third kappa shape index (κ3) is 2.94. The molecule has 1 heterocycles. The summed E-state index contributed by atoms with van der Waals surface area (Å²) >= 11 is 5.31. The van der Waals surface area contributed by atoms with Crippen molar-refractivity contribution in [1.29, 1.82) is 0 Å². The van der Waals surface area contributed by atoms with Gasteiger partial charge < -0.3 is 10.1 Å². The average Bonchev–Trinajstić information content (AvgIpc) is 2.82. The molecule has 2 aromatic rings. The molecule has 0 radical (unpaired) electrons. The van der Waals surface area contributed by atoms with E-state index in [2.05, 4.69) is 38.1 Å². The Morgan fingerprint density at radius 3 is 2.72 bits per heavy atom. The number of ether oxygens (including phenoxy) is 1. The highest BCUT2D eigenvalue weighted by atomic mass is 79.9. The molecule has 0 bridgehead atoms. The number of rotatable bonds is 5. The summed E-state index contributed by atoms with van der Waals surface area (Å²) in [4.78, 5) is 0. The van der Waals surface area contributed by atoms with Gasteiger partial charge in [0, 0.05) is 15.9 Å². The first-order valence-corrected chi connectivity index (χ1v) is 7.50. The van der Waals surface area contributed by atoms with Crippen LogP contribution in [-0.2, 0) is 6.42 Å². The van der Waals surface area contributed by atoms with Gasteiger partial charge in [-0.15, -0.1) is 0 Å². The topological polar surface area (TPSA) is 21.3 Å². The normalized spacial score (nSPS) is 12.4. The van der Waals surface area contributed by atoms with E-state index in [1.54, 1.807) is 18.4 Å². The Morgan fingerprint density at radius 1 is 1.33 bits per heavy atom. The smallest absolute Gasteiger partial charge is 0.122 e. The first-order chi connectivity index (χ1) is 8.76. The van der Waals surface area contributed by atoms with E-state index in [1.807, 2.05) is 25.2 Å². The highest BCUT2D eigenvalue weighted by Crippen LogP contribution is 2.31. The van der Waals surface area contributed by atoms with Gasteiger partial charge in [0.25, 0.3) is 0 Å². The van der Waals surface area contributed by atoms with Crippen LogP contribution in [0.5, 0.6) is 5.75 Å². The van der Waals surface area contributed by atoms with E-state index in [0.29, 0.717) is 6.04 Å². The molecule has 0 spiro atoms. The molecule has 0 saturated carbocycles. The number of methoxy groups -OCH3 is 1. The van der Waals surface area contributed by atoms with E-state index in [9.17, 15) is 0 Å². The molecule has 1 aromatic carbocycles. The Labute approximate surface area is 120 Å². The molecule has 18 heavy (non-hydrogen) atoms. The summed E-state index contributed by atoms with van der Waals surface area (Å²) in [6.45, 7) is 0. The molecular formula is C14H16BrNOS. The van der Waals surface area contributed by atoms with Crippen molar-refractivity contribution in [2.24, 2.45) is 0 Å². The highest BCUT2D eigenvalue weighted by Gasteiger charge is 2.15. The van der Waals surface area contributed by atoms with E-state index in [1.165, 1.54) is 15.6 Å². The average molecular weight is 326 g/mol. The molecule has 1 unspecified atom stereocenters. The second-order valence-corrected chi connectivity index (χ2v) is 5.63. The number of thiophene rings is 1. The standard InChI is InChI=1S/C14H16BrNOS/c1-16-13(11-8-18-9-12(11)15)7-10-5-3-4-6-14(10)17-2/h3-6,8-9,13,16H,7H2,1-2H3. The summed E-state index contributed by atoms with van der Waals surface area (Å²) in [7, 11) is 3.71. The van der Waals surface area contributed by atoms with Crippen molar-refractivity contribution >= 4 is 27.3 Å². The molecule has 1 aromatic heterocycles. The van der Waals surface area contributed by atoms with E-state index in [0.717, 1.165) is 12.2 Å². The molecular weight excluding hydrogens is 310 g/mol. The van der Waals surface area contributed by atoms with Crippen molar-refractivity contribution in [1.82, 2.24) is 5.32 Å². The van der Waals surface area contributed by atoms with Crippen molar-refractivity contribution in [3.05, 3.63) is 50.6 Å². The minimum atomic E-state index is 0.293. The van der Waals surface area contributed by atoms with Gasteiger partial charge in [0.15, 0.2) is 0 Å². The van der Waals surface area contributed by atoms with Crippen molar-refractivity contribution in [2.75, 3.05) is 14.2 Å². The Bertz CT molecular complexity index is 512. The summed E-state index contributed by atoms with van der Waals surface area (Å²) in [5, 5.41) is 7.66. The Balaban J connectivity index is 2.23. The predicted molar refractivity (Wildman–Crippen MR) is 80.5 cm³/mol. The lowest BCUT2D eigenvalue weighted by atomic mass is 10.0. The maximum Gasteiger partial charge on any atom is 0.122 e. The number of likely N-dealkylation sites (N-methyl/N-ethyl adjacent to an activating group) is 1. The molecule has 1 N–H and O–H groups in total. The van der Waals surface area contributed by atoms with Crippen LogP contribution < -0.4 is 10.1 Å². The van der Waals surface area contributed by atoms with Gasteiger partial charge in [-0.25, -0.2) is 0 Å². The van der Waals surface area contributed by atoms with Crippen molar-refractivity contribution in [2.45, 2.75) is 12.5 Å². The lowest BCUT2D eigenvalue weighted by Gasteiger charge is -2.17. The fraction of sp³-hybridized carbons (Fsp3) is 0.286. The van der Waals surface area contributed by atoms with Gasteiger partial charge in [0.05, 0.1) is 7.11 Å². The Hall–Kier alpha value is -0.840. The second-order valence-electron chi connectivity index (χ2n) is 4.03. The first-order valence-electron chi connectivity index (χ1n) is 5.77. The maximum atomic E-state index is 5.40. The molecule has 96 valence electrons. The zero-order valence-corrected chi connectivity index (χ0v) is 12.8. The van der Waals surface area contributed by atoms with Crippen LogP contribution in [-0.4, -0.2) is 14.2 Å². The van der Waals surface area contributed by atoms with Crippen molar-refractivity contribution in [3.63, 3.8) is 0 Å². The van der Waals surface area contributed by atoms with Crippen molar-refractivity contribution in [3.8, 4) is 5.75 Å². The summed E-state index contributed by atoms with van der Waals surface area (Å²) in [5.74, 6) is 0.948. The molecule has 0 fully saturated rings. The quantitative estimate of drug-likeness (QED) is 0.896. The number of nitrogens with one attached hydrogen (secondary N) is 1. The minimum Gasteiger partial charge on any atom is -0.496 e. The van der Waals surface area contributed by atoms with Crippen LogP contribution in [0.2, 0.25) is 0 Å². The van der Waals surface area contributed by atoms with E-state index in [-0.39, 0.29) is 0 Å². The fourth-order valence-corrected chi connectivity index (χ4v) is 3.63. The molecule has 0 amide bonds. The van der Waals surface area contributed by atoms with Gasteiger partial charge in [-0.2, -0.15) is 11.3 Å². The second kappa shape index (κ2) is 6.36. The molecule has 2 nitrogen and oxygen atoms in total. The van der Waals surface area contributed by atoms with Crippen LogP contribution in [0, 0.1) is 0 Å². The molecule has 0 aliphatic rings. The van der Waals surface area contributed by atoms with Gasteiger partial charge in [-0.3, -0.25) is 0 Å². The molecule has 4 heteroatoms. The van der Waals surface area contributed by atoms with Crippen LogP contribution in [0.15, 0.2) is 39.5 Å². The largest absolute Gasteiger partial charge is 0.496 e. The minimum absolute atomic E-state index is 0.293. The molecule has 0 saturated heterocycles. The Kier molecular flexibility index (Phi) is 4.80.